The lowest BCUT2D eigenvalue weighted by Crippen LogP contribution is -2.38. The van der Waals surface area contributed by atoms with E-state index >= 15 is 0 Å². The maximum Gasteiger partial charge on any atom is 0.119 e. The summed E-state index contributed by atoms with van der Waals surface area (Å²) in [6.45, 7) is 11.4. The number of benzene rings is 1. The first kappa shape index (κ1) is 16.2. The molecule has 0 bridgehead atoms. The molecule has 3 nitrogen and oxygen atoms in total. The molecule has 21 heavy (non-hydrogen) atoms. The van der Waals surface area contributed by atoms with Gasteiger partial charge in [0.1, 0.15) is 5.75 Å². The zero-order valence-electron chi connectivity index (χ0n) is 14.4. The van der Waals surface area contributed by atoms with Gasteiger partial charge in [0.2, 0.25) is 0 Å². The van der Waals surface area contributed by atoms with E-state index in [2.05, 4.69) is 62.7 Å². The number of ether oxygens (including phenoxy) is 1. The molecular formula is C18H30N2O. The molecule has 0 saturated carbocycles. The van der Waals surface area contributed by atoms with Gasteiger partial charge in [0.25, 0.3) is 0 Å². The summed E-state index contributed by atoms with van der Waals surface area (Å²) in [4.78, 5) is 4.95. The Morgan fingerprint density at radius 1 is 1.24 bits per heavy atom. The number of nitrogens with zero attached hydrogens (tertiary/aromatic N) is 2. The van der Waals surface area contributed by atoms with Crippen molar-refractivity contribution >= 4 is 5.69 Å². The number of anilines is 1. The van der Waals surface area contributed by atoms with E-state index in [1.807, 2.05) is 0 Å². The Hall–Kier alpha value is -1.22. The molecule has 0 amide bonds. The van der Waals surface area contributed by atoms with Crippen LogP contribution in [0.1, 0.15) is 45.6 Å². The van der Waals surface area contributed by atoms with Crippen molar-refractivity contribution in [3.63, 3.8) is 0 Å². The van der Waals surface area contributed by atoms with Gasteiger partial charge in [0.15, 0.2) is 0 Å². The van der Waals surface area contributed by atoms with Crippen LogP contribution in [0, 0.1) is 0 Å². The van der Waals surface area contributed by atoms with Crippen LogP contribution in [-0.4, -0.2) is 44.2 Å². The fourth-order valence-electron chi connectivity index (χ4n) is 3.53. The number of likely N-dealkylation sites (N-methyl/N-ethyl adjacent to an activating group) is 1. The van der Waals surface area contributed by atoms with Crippen LogP contribution >= 0.6 is 0 Å². The average Bonchev–Trinajstić information content (AvgIpc) is 2.74. The minimum absolute atomic E-state index is 0.605. The van der Waals surface area contributed by atoms with Crippen LogP contribution in [0.2, 0.25) is 0 Å². The van der Waals surface area contributed by atoms with Gasteiger partial charge >= 0.3 is 0 Å². The predicted molar refractivity (Wildman–Crippen MR) is 90.6 cm³/mol. The van der Waals surface area contributed by atoms with Crippen LogP contribution in [0.15, 0.2) is 18.2 Å². The lowest BCUT2D eigenvalue weighted by atomic mass is 9.97. The van der Waals surface area contributed by atoms with Gasteiger partial charge in [-0.25, -0.2) is 0 Å². The monoisotopic (exact) mass is 290 g/mol. The summed E-state index contributed by atoms with van der Waals surface area (Å²) in [5.74, 6) is 1.58. The topological polar surface area (TPSA) is 15.7 Å². The summed E-state index contributed by atoms with van der Waals surface area (Å²) in [5, 5.41) is 0. The first-order valence-corrected chi connectivity index (χ1v) is 8.08. The van der Waals surface area contributed by atoms with E-state index < -0.39 is 0 Å². The molecule has 1 aliphatic rings. The zero-order chi connectivity index (χ0) is 15.6. The highest BCUT2D eigenvalue weighted by atomic mass is 16.5. The lowest BCUT2D eigenvalue weighted by molar-refractivity contribution is 0.169. The Bertz CT molecular complexity index is 462. The van der Waals surface area contributed by atoms with Crippen LogP contribution < -0.4 is 9.64 Å². The molecule has 0 unspecified atom stereocenters. The first-order valence-electron chi connectivity index (χ1n) is 8.08. The van der Waals surface area contributed by atoms with E-state index in [1.54, 1.807) is 7.11 Å². The van der Waals surface area contributed by atoms with E-state index in [1.165, 1.54) is 17.7 Å². The van der Waals surface area contributed by atoms with Crippen molar-refractivity contribution in [1.29, 1.82) is 0 Å². The van der Waals surface area contributed by atoms with E-state index in [0.717, 1.165) is 18.8 Å². The first-order chi connectivity index (χ1) is 9.93. The van der Waals surface area contributed by atoms with E-state index in [9.17, 15) is 0 Å². The van der Waals surface area contributed by atoms with Gasteiger partial charge in [-0.2, -0.15) is 0 Å². The SMILES string of the molecule is COc1ccc2c(c1)[C@@H](CCN(C(C)C)C(C)C)CN2C. The maximum absolute atomic E-state index is 5.40. The van der Waals surface area contributed by atoms with Gasteiger partial charge in [0, 0.05) is 37.3 Å². The molecule has 1 heterocycles. The maximum atomic E-state index is 5.40. The van der Waals surface area contributed by atoms with Crippen LogP contribution in [-0.2, 0) is 0 Å². The Morgan fingerprint density at radius 2 is 1.90 bits per heavy atom. The molecule has 118 valence electrons. The summed E-state index contributed by atoms with van der Waals surface area (Å²) >= 11 is 0. The minimum Gasteiger partial charge on any atom is -0.497 e. The van der Waals surface area contributed by atoms with Crippen molar-refractivity contribution in [2.45, 2.75) is 52.1 Å². The van der Waals surface area contributed by atoms with Crippen molar-refractivity contribution < 1.29 is 4.74 Å². The Kier molecular flexibility index (Phi) is 5.15. The molecule has 1 aromatic carbocycles. The van der Waals surface area contributed by atoms with Gasteiger partial charge in [-0.05, 0) is 64.4 Å². The molecule has 2 rings (SSSR count). The molecule has 0 N–H and O–H groups in total. The number of hydrogen-bond acceptors (Lipinski definition) is 3. The van der Waals surface area contributed by atoms with Gasteiger partial charge in [-0.1, -0.05) is 0 Å². The number of hydrogen-bond donors (Lipinski definition) is 0. The van der Waals surface area contributed by atoms with Crippen molar-refractivity contribution in [2.24, 2.45) is 0 Å². The largest absolute Gasteiger partial charge is 0.497 e. The van der Waals surface area contributed by atoms with Crippen LogP contribution in [0.3, 0.4) is 0 Å². The summed E-state index contributed by atoms with van der Waals surface area (Å²) in [7, 11) is 3.93. The molecule has 0 aliphatic carbocycles. The molecule has 1 aliphatic heterocycles. The summed E-state index contributed by atoms with van der Waals surface area (Å²) in [5.41, 5.74) is 2.81. The fraction of sp³-hybridized carbons (Fsp3) is 0.667. The van der Waals surface area contributed by atoms with Crippen molar-refractivity contribution in [3.8, 4) is 5.75 Å². The summed E-state index contributed by atoms with van der Waals surface area (Å²) in [6.07, 6.45) is 1.21. The second kappa shape index (κ2) is 6.69. The molecule has 0 fully saturated rings. The molecular weight excluding hydrogens is 260 g/mol. The predicted octanol–water partition coefficient (Wildman–Crippen LogP) is 3.74. The molecule has 0 radical (unpaired) electrons. The second-order valence-corrected chi connectivity index (χ2v) is 6.72. The smallest absolute Gasteiger partial charge is 0.119 e. The van der Waals surface area contributed by atoms with E-state index in [4.69, 9.17) is 4.74 Å². The summed E-state index contributed by atoms with van der Waals surface area (Å²) in [6, 6.07) is 7.68. The molecule has 1 aromatic rings. The van der Waals surface area contributed by atoms with Crippen LogP contribution in [0.5, 0.6) is 5.75 Å². The van der Waals surface area contributed by atoms with E-state index in [0.29, 0.717) is 18.0 Å². The second-order valence-electron chi connectivity index (χ2n) is 6.72. The van der Waals surface area contributed by atoms with Crippen LogP contribution in [0.25, 0.3) is 0 Å². The molecule has 0 aromatic heterocycles. The minimum atomic E-state index is 0.605. The molecule has 3 heteroatoms. The van der Waals surface area contributed by atoms with Crippen molar-refractivity contribution in [1.82, 2.24) is 4.90 Å². The molecule has 0 spiro atoms. The number of methoxy groups -OCH3 is 1. The normalized spacial score (nSPS) is 18.0. The molecule has 0 saturated heterocycles. The van der Waals surface area contributed by atoms with Crippen molar-refractivity contribution in [3.05, 3.63) is 23.8 Å². The Balaban J connectivity index is 2.10. The highest BCUT2D eigenvalue weighted by molar-refractivity contribution is 5.61. The van der Waals surface area contributed by atoms with Gasteiger partial charge in [-0.3, -0.25) is 4.90 Å². The average molecular weight is 290 g/mol. The Morgan fingerprint density at radius 3 is 2.48 bits per heavy atom. The van der Waals surface area contributed by atoms with Gasteiger partial charge in [0.05, 0.1) is 7.11 Å². The highest BCUT2D eigenvalue weighted by Crippen LogP contribution is 2.39. The van der Waals surface area contributed by atoms with Crippen LogP contribution in [0.4, 0.5) is 5.69 Å². The van der Waals surface area contributed by atoms with E-state index in [-0.39, 0.29) is 0 Å². The van der Waals surface area contributed by atoms with Gasteiger partial charge < -0.3 is 9.64 Å². The highest BCUT2D eigenvalue weighted by Gasteiger charge is 2.27. The third-order valence-electron chi connectivity index (χ3n) is 4.64. The number of fused-ring (bicyclic) bond motifs is 1. The lowest BCUT2D eigenvalue weighted by Gasteiger charge is -2.31. The molecule has 1 atom stereocenters. The fourth-order valence-corrected chi connectivity index (χ4v) is 3.53. The zero-order valence-corrected chi connectivity index (χ0v) is 14.4. The third-order valence-corrected chi connectivity index (χ3v) is 4.64. The standard InChI is InChI=1S/C18H30N2O/c1-13(2)20(14(3)4)10-9-15-12-19(5)18-8-7-16(21-6)11-17(15)18/h7-8,11,13-15H,9-10,12H2,1-6H3/t15-/m0/s1. The number of rotatable bonds is 6. The quantitative estimate of drug-likeness (QED) is 0.794. The third kappa shape index (κ3) is 3.52. The Labute approximate surface area is 129 Å². The van der Waals surface area contributed by atoms with Gasteiger partial charge in [-0.15, -0.1) is 0 Å². The van der Waals surface area contributed by atoms with Crippen molar-refractivity contribution in [2.75, 3.05) is 32.1 Å². The summed E-state index contributed by atoms with van der Waals surface area (Å²) < 4.78 is 5.40.